The number of benzene rings is 1. The molecule has 0 saturated carbocycles. The molecule has 1 aromatic rings. The number of hydrogen-bond acceptors (Lipinski definition) is 3. The Labute approximate surface area is 162 Å². The van der Waals surface area contributed by atoms with Gasteiger partial charge in [-0.1, -0.05) is 12.1 Å². The number of nitrogens with one attached hydrogen (secondary N) is 1. The van der Waals surface area contributed by atoms with Crippen LogP contribution < -0.4 is 5.32 Å². The number of halogens is 4. The molecule has 1 unspecified atom stereocenters. The zero-order chi connectivity index (χ0) is 18.7. The minimum atomic E-state index is -4.41. The quantitative estimate of drug-likeness (QED) is 0.839. The van der Waals surface area contributed by atoms with Gasteiger partial charge in [-0.3, -0.25) is 9.59 Å². The van der Waals surface area contributed by atoms with Crippen molar-refractivity contribution in [3.63, 3.8) is 0 Å². The van der Waals surface area contributed by atoms with Gasteiger partial charge in [-0.25, -0.2) is 0 Å². The van der Waals surface area contributed by atoms with Crippen molar-refractivity contribution in [2.75, 3.05) is 32.7 Å². The van der Waals surface area contributed by atoms with Gasteiger partial charge in [0, 0.05) is 39.1 Å². The first-order chi connectivity index (χ1) is 12.3. The highest BCUT2D eigenvalue weighted by molar-refractivity contribution is 5.89. The van der Waals surface area contributed by atoms with E-state index in [4.69, 9.17) is 0 Å². The van der Waals surface area contributed by atoms with Crippen LogP contribution in [0.5, 0.6) is 0 Å². The summed E-state index contributed by atoms with van der Waals surface area (Å²) in [7, 11) is 0. The van der Waals surface area contributed by atoms with E-state index in [0.717, 1.165) is 31.6 Å². The molecule has 9 heteroatoms. The first kappa shape index (κ1) is 21.5. The molecule has 5 nitrogen and oxygen atoms in total. The van der Waals surface area contributed by atoms with Gasteiger partial charge in [0.25, 0.3) is 0 Å². The molecule has 0 aliphatic carbocycles. The summed E-state index contributed by atoms with van der Waals surface area (Å²) in [6.45, 7) is 3.25. The van der Waals surface area contributed by atoms with Gasteiger partial charge in [0.05, 0.1) is 11.5 Å². The van der Waals surface area contributed by atoms with Crippen LogP contribution in [0.2, 0.25) is 0 Å². The summed E-state index contributed by atoms with van der Waals surface area (Å²) in [5.74, 6) is -0.631. The fraction of sp³-hybridized carbons (Fsp3) is 0.556. The lowest BCUT2D eigenvalue weighted by atomic mass is 10.1. The fourth-order valence-electron chi connectivity index (χ4n) is 3.48. The number of alkyl halides is 3. The molecule has 0 aromatic heterocycles. The number of likely N-dealkylation sites (tertiary alicyclic amines) is 1. The predicted molar refractivity (Wildman–Crippen MR) is 96.3 cm³/mol. The Balaban J connectivity index is 0.00000261. The molecule has 0 radical (unpaired) electrons. The van der Waals surface area contributed by atoms with E-state index in [-0.39, 0.29) is 43.7 Å². The van der Waals surface area contributed by atoms with Crippen molar-refractivity contribution in [1.82, 2.24) is 15.1 Å². The molecule has 2 heterocycles. The van der Waals surface area contributed by atoms with Gasteiger partial charge in [0.2, 0.25) is 11.8 Å². The molecule has 2 fully saturated rings. The second-order valence-electron chi connectivity index (χ2n) is 6.80. The maximum atomic E-state index is 12.8. The summed E-state index contributed by atoms with van der Waals surface area (Å²) in [5, 5.41) is 3.23. The third-order valence-corrected chi connectivity index (χ3v) is 4.84. The van der Waals surface area contributed by atoms with Gasteiger partial charge in [-0.05, 0) is 30.7 Å². The Hall–Kier alpha value is -1.80. The topological polar surface area (TPSA) is 52.7 Å². The lowest BCUT2D eigenvalue weighted by molar-refractivity contribution is -0.137. The van der Waals surface area contributed by atoms with Crippen molar-refractivity contribution in [1.29, 1.82) is 0 Å². The average molecular weight is 406 g/mol. The highest BCUT2D eigenvalue weighted by Crippen LogP contribution is 2.30. The normalized spacial score (nSPS) is 21.0. The standard InChI is InChI=1S/C18H22F3N3O2.ClH/c19-18(20,21)15-4-1-3-13(9-15)11-24-12-14(10-16(24)25)17(26)23-7-2-5-22-6-8-23;/h1,3-4,9,14,22H,2,5-8,10-12H2;1H. The minimum absolute atomic E-state index is 0. The maximum absolute atomic E-state index is 12.8. The molecule has 1 aromatic carbocycles. The zero-order valence-corrected chi connectivity index (χ0v) is 15.6. The van der Waals surface area contributed by atoms with E-state index in [1.807, 2.05) is 0 Å². The zero-order valence-electron chi connectivity index (χ0n) is 14.8. The average Bonchev–Trinajstić information content (AvgIpc) is 2.80. The van der Waals surface area contributed by atoms with Gasteiger partial charge in [0.15, 0.2) is 0 Å². The first-order valence-electron chi connectivity index (χ1n) is 8.78. The van der Waals surface area contributed by atoms with Gasteiger partial charge in [-0.2, -0.15) is 13.2 Å². The Morgan fingerprint density at radius 2 is 2.00 bits per heavy atom. The molecule has 2 saturated heterocycles. The van der Waals surface area contributed by atoms with Crippen LogP contribution in [0.25, 0.3) is 0 Å². The van der Waals surface area contributed by atoms with Gasteiger partial charge in [-0.15, -0.1) is 12.4 Å². The van der Waals surface area contributed by atoms with Crippen LogP contribution >= 0.6 is 12.4 Å². The molecule has 2 aliphatic heterocycles. The van der Waals surface area contributed by atoms with Crippen molar-refractivity contribution in [2.24, 2.45) is 5.92 Å². The third kappa shape index (κ3) is 5.35. The molecular weight excluding hydrogens is 383 g/mol. The minimum Gasteiger partial charge on any atom is -0.341 e. The number of carbonyl (C=O) groups is 2. The molecule has 0 bridgehead atoms. The van der Waals surface area contributed by atoms with Gasteiger partial charge >= 0.3 is 6.18 Å². The van der Waals surface area contributed by atoms with Crippen molar-refractivity contribution in [2.45, 2.75) is 25.6 Å². The summed E-state index contributed by atoms with van der Waals surface area (Å²) < 4.78 is 38.5. The molecule has 3 rings (SSSR count). The number of carbonyl (C=O) groups excluding carboxylic acids is 2. The number of hydrogen-bond donors (Lipinski definition) is 1. The van der Waals surface area contributed by atoms with Crippen LogP contribution in [0.4, 0.5) is 13.2 Å². The first-order valence-corrected chi connectivity index (χ1v) is 8.78. The Bertz CT molecular complexity index is 676. The van der Waals surface area contributed by atoms with E-state index in [2.05, 4.69) is 5.32 Å². The number of rotatable bonds is 3. The van der Waals surface area contributed by atoms with Crippen LogP contribution in [0.3, 0.4) is 0 Å². The second kappa shape index (κ2) is 8.93. The van der Waals surface area contributed by atoms with Crippen LogP contribution in [0.1, 0.15) is 24.0 Å². The van der Waals surface area contributed by atoms with E-state index >= 15 is 0 Å². The van der Waals surface area contributed by atoms with Crippen LogP contribution in [-0.2, 0) is 22.3 Å². The fourth-order valence-corrected chi connectivity index (χ4v) is 3.48. The molecule has 150 valence electrons. The highest BCUT2D eigenvalue weighted by atomic mass is 35.5. The second-order valence-corrected chi connectivity index (χ2v) is 6.80. The summed E-state index contributed by atoms with van der Waals surface area (Å²) in [6.07, 6.45) is -3.41. The maximum Gasteiger partial charge on any atom is 0.416 e. The van der Waals surface area contributed by atoms with Gasteiger partial charge < -0.3 is 15.1 Å². The summed E-state index contributed by atoms with van der Waals surface area (Å²) >= 11 is 0. The van der Waals surface area contributed by atoms with Crippen LogP contribution in [0.15, 0.2) is 24.3 Å². The number of nitrogens with zero attached hydrogens (tertiary/aromatic N) is 2. The van der Waals surface area contributed by atoms with Crippen molar-refractivity contribution < 1.29 is 22.8 Å². The van der Waals surface area contributed by atoms with E-state index < -0.39 is 17.7 Å². The van der Waals surface area contributed by atoms with Crippen molar-refractivity contribution in [3.05, 3.63) is 35.4 Å². The molecule has 2 amide bonds. The van der Waals surface area contributed by atoms with E-state index in [9.17, 15) is 22.8 Å². The Morgan fingerprint density at radius 1 is 1.22 bits per heavy atom. The lowest BCUT2D eigenvalue weighted by Crippen LogP contribution is -2.39. The van der Waals surface area contributed by atoms with E-state index in [0.29, 0.717) is 18.7 Å². The monoisotopic (exact) mass is 405 g/mol. The summed E-state index contributed by atoms with van der Waals surface area (Å²) in [4.78, 5) is 28.2. The summed E-state index contributed by atoms with van der Waals surface area (Å²) in [6, 6.07) is 4.97. The smallest absolute Gasteiger partial charge is 0.341 e. The van der Waals surface area contributed by atoms with Gasteiger partial charge in [0.1, 0.15) is 0 Å². The highest BCUT2D eigenvalue weighted by Gasteiger charge is 2.37. The predicted octanol–water partition coefficient (Wildman–Crippen LogP) is 2.30. The lowest BCUT2D eigenvalue weighted by Gasteiger charge is -2.23. The van der Waals surface area contributed by atoms with Crippen LogP contribution in [0, 0.1) is 5.92 Å². The van der Waals surface area contributed by atoms with E-state index in [1.165, 1.54) is 11.0 Å². The molecule has 27 heavy (non-hydrogen) atoms. The van der Waals surface area contributed by atoms with Crippen molar-refractivity contribution >= 4 is 24.2 Å². The van der Waals surface area contributed by atoms with E-state index in [1.54, 1.807) is 11.0 Å². The SMILES string of the molecule is Cl.O=C1CC(C(=O)N2CCCNCC2)CN1Cc1cccc(C(F)(F)F)c1. The van der Waals surface area contributed by atoms with Crippen molar-refractivity contribution in [3.8, 4) is 0 Å². The third-order valence-electron chi connectivity index (χ3n) is 4.84. The Kier molecular flexibility index (Phi) is 7.11. The Morgan fingerprint density at radius 3 is 2.74 bits per heavy atom. The van der Waals surface area contributed by atoms with Crippen LogP contribution in [-0.4, -0.2) is 54.3 Å². The molecule has 1 atom stereocenters. The number of amides is 2. The largest absolute Gasteiger partial charge is 0.416 e. The molecule has 0 spiro atoms. The molecule has 2 aliphatic rings. The molecule has 1 N–H and O–H groups in total. The summed E-state index contributed by atoms with van der Waals surface area (Å²) in [5.41, 5.74) is -0.313. The molecular formula is C18H23ClF3N3O2.